The van der Waals surface area contributed by atoms with Crippen LogP contribution >= 0.6 is 0 Å². The average molecular weight is 519 g/mol. The Bertz CT molecular complexity index is 1510. The van der Waals surface area contributed by atoms with Crippen molar-refractivity contribution in [2.75, 3.05) is 38.5 Å². The van der Waals surface area contributed by atoms with Crippen molar-refractivity contribution in [2.24, 2.45) is 5.92 Å². The van der Waals surface area contributed by atoms with Crippen LogP contribution in [0.5, 0.6) is 0 Å². The second-order valence-electron chi connectivity index (χ2n) is 10.8. The summed E-state index contributed by atoms with van der Waals surface area (Å²) in [6.07, 6.45) is 1.98. The number of benzene rings is 1. The van der Waals surface area contributed by atoms with Crippen LogP contribution in [0, 0.1) is 24.5 Å². The number of fused-ring (bicyclic) bond motifs is 2. The Morgan fingerprint density at radius 2 is 1.89 bits per heavy atom. The highest BCUT2D eigenvalue weighted by molar-refractivity contribution is 5.83. The number of anilines is 2. The molecule has 0 unspecified atom stereocenters. The molecule has 0 spiro atoms. The van der Waals surface area contributed by atoms with E-state index in [-0.39, 0.29) is 23.2 Å². The second kappa shape index (κ2) is 9.67. The summed E-state index contributed by atoms with van der Waals surface area (Å²) in [5, 5.41) is 3.11. The number of nitrogens with zero attached hydrogens (tertiary/aromatic N) is 7. The zero-order valence-electron chi connectivity index (χ0n) is 22.2. The van der Waals surface area contributed by atoms with Crippen molar-refractivity contribution in [3.8, 4) is 11.3 Å². The lowest BCUT2D eigenvalue weighted by Crippen LogP contribution is -2.50. The van der Waals surface area contributed by atoms with Crippen molar-refractivity contribution < 1.29 is 8.78 Å². The summed E-state index contributed by atoms with van der Waals surface area (Å²) >= 11 is 0. The molecule has 2 aliphatic rings. The smallest absolute Gasteiger partial charge is 0.229 e. The highest BCUT2D eigenvalue weighted by Crippen LogP contribution is 2.31. The van der Waals surface area contributed by atoms with Crippen molar-refractivity contribution in [3.63, 3.8) is 0 Å². The molecule has 1 N–H and O–H groups in total. The van der Waals surface area contributed by atoms with E-state index in [0.717, 1.165) is 43.9 Å². The molecule has 0 saturated carbocycles. The van der Waals surface area contributed by atoms with Crippen LogP contribution in [0.4, 0.5) is 20.5 Å². The molecule has 0 atom stereocenters. The van der Waals surface area contributed by atoms with Gasteiger partial charge in [0.1, 0.15) is 22.9 Å². The highest BCUT2D eigenvalue weighted by Gasteiger charge is 2.27. The summed E-state index contributed by atoms with van der Waals surface area (Å²) < 4.78 is 31.8. The molecule has 4 aromatic rings. The normalized spacial score (nSPS) is 16.7. The van der Waals surface area contributed by atoms with E-state index < -0.39 is 11.6 Å². The first-order chi connectivity index (χ1) is 18.2. The van der Waals surface area contributed by atoms with Gasteiger partial charge in [-0.2, -0.15) is 0 Å². The van der Waals surface area contributed by atoms with E-state index in [2.05, 4.69) is 43.2 Å². The molecule has 1 fully saturated rings. The van der Waals surface area contributed by atoms with Crippen molar-refractivity contribution >= 4 is 22.8 Å². The SMILES string of the molecule is Cc1nc2c(F)cc(-c3nc(Nc4ccc5c(n4)CCN(CC4CN(C)C4)C5)ncc3F)cc2n1C(C)C. The Balaban J connectivity index is 1.24. The number of aromatic nitrogens is 5. The second-order valence-corrected chi connectivity index (χ2v) is 10.8. The summed E-state index contributed by atoms with van der Waals surface area (Å²) in [7, 11) is 2.16. The van der Waals surface area contributed by atoms with Gasteiger partial charge < -0.3 is 14.8 Å². The average Bonchev–Trinajstić information content (AvgIpc) is 3.21. The van der Waals surface area contributed by atoms with Crippen molar-refractivity contribution in [2.45, 2.75) is 39.8 Å². The number of halogens is 2. The molecule has 0 radical (unpaired) electrons. The third-order valence-corrected chi connectivity index (χ3v) is 7.48. The summed E-state index contributed by atoms with van der Waals surface area (Å²) in [4.78, 5) is 22.5. The van der Waals surface area contributed by atoms with E-state index in [0.29, 0.717) is 22.7 Å². The van der Waals surface area contributed by atoms with Crippen LogP contribution in [0.2, 0.25) is 0 Å². The number of likely N-dealkylation sites (tertiary alicyclic amines) is 1. The van der Waals surface area contributed by atoms with Gasteiger partial charge in [0.05, 0.1) is 11.7 Å². The Morgan fingerprint density at radius 1 is 1.08 bits per heavy atom. The quantitative estimate of drug-likeness (QED) is 0.396. The lowest BCUT2D eigenvalue weighted by molar-refractivity contribution is 0.0852. The van der Waals surface area contributed by atoms with Gasteiger partial charge in [0, 0.05) is 56.4 Å². The highest BCUT2D eigenvalue weighted by atomic mass is 19.1. The molecule has 1 saturated heterocycles. The maximum absolute atomic E-state index is 15.0. The number of hydrogen-bond acceptors (Lipinski definition) is 7. The van der Waals surface area contributed by atoms with Crippen LogP contribution in [0.15, 0.2) is 30.5 Å². The molecule has 8 nitrogen and oxygen atoms in total. The van der Waals surface area contributed by atoms with Gasteiger partial charge in [0.15, 0.2) is 11.6 Å². The Hall–Kier alpha value is -3.50. The Kier molecular flexibility index (Phi) is 6.31. The lowest BCUT2D eigenvalue weighted by atomic mass is 9.98. The van der Waals surface area contributed by atoms with Crippen LogP contribution < -0.4 is 5.32 Å². The largest absolute Gasteiger partial charge is 0.326 e. The minimum atomic E-state index is -0.627. The van der Waals surface area contributed by atoms with Gasteiger partial charge >= 0.3 is 0 Å². The molecule has 0 aliphatic carbocycles. The monoisotopic (exact) mass is 518 g/mol. The first-order valence-corrected chi connectivity index (χ1v) is 13.1. The maximum Gasteiger partial charge on any atom is 0.229 e. The van der Waals surface area contributed by atoms with E-state index in [1.165, 1.54) is 24.7 Å². The molecule has 38 heavy (non-hydrogen) atoms. The zero-order valence-corrected chi connectivity index (χ0v) is 22.2. The number of imidazole rings is 1. The first kappa shape index (κ1) is 24.8. The van der Waals surface area contributed by atoms with E-state index in [1.807, 2.05) is 31.4 Å². The Morgan fingerprint density at radius 3 is 2.66 bits per heavy atom. The molecule has 1 aromatic carbocycles. The van der Waals surface area contributed by atoms with E-state index in [9.17, 15) is 8.78 Å². The topological polar surface area (TPSA) is 75.0 Å². The van der Waals surface area contributed by atoms with Gasteiger partial charge in [0.25, 0.3) is 0 Å². The predicted octanol–water partition coefficient (Wildman–Crippen LogP) is 4.72. The zero-order chi connectivity index (χ0) is 26.6. The molecule has 0 amide bonds. The fourth-order valence-corrected chi connectivity index (χ4v) is 5.81. The Labute approximate surface area is 220 Å². The first-order valence-electron chi connectivity index (χ1n) is 13.1. The lowest BCUT2D eigenvalue weighted by Gasteiger charge is -2.40. The minimum absolute atomic E-state index is 0.0210. The van der Waals surface area contributed by atoms with E-state index >= 15 is 0 Å². The van der Waals surface area contributed by atoms with E-state index in [1.54, 1.807) is 6.07 Å². The summed E-state index contributed by atoms with van der Waals surface area (Å²) in [6, 6.07) is 7.08. The fraction of sp³-hybridized carbons (Fsp3) is 0.429. The number of pyridine rings is 1. The molecular formula is C28H32F2N8. The van der Waals surface area contributed by atoms with E-state index in [4.69, 9.17) is 4.98 Å². The molecule has 2 aliphatic heterocycles. The molecule has 6 rings (SSSR count). The standard InChI is InChI=1S/C28H32F2N8/c1-16(2)38-17(3)32-27-21(29)9-20(10-24(27)38)26-22(30)11-31-28(35-26)34-25-6-5-19-15-37(8-7-23(19)33-25)14-18-12-36(4)13-18/h5-6,9-11,16,18H,7-8,12-15H2,1-4H3,(H,31,33,34,35). The fourth-order valence-electron chi connectivity index (χ4n) is 5.81. The number of aryl methyl sites for hydroxylation is 1. The summed E-state index contributed by atoms with van der Waals surface area (Å²) in [5.41, 5.74) is 3.52. The maximum atomic E-state index is 15.0. The molecule has 198 valence electrons. The molecule has 10 heteroatoms. The van der Waals surface area contributed by atoms with Crippen LogP contribution in [0.3, 0.4) is 0 Å². The van der Waals surface area contributed by atoms with Gasteiger partial charge in [-0.15, -0.1) is 0 Å². The van der Waals surface area contributed by atoms with Gasteiger partial charge in [0.2, 0.25) is 5.95 Å². The number of hydrogen-bond donors (Lipinski definition) is 1. The van der Waals surface area contributed by atoms with Crippen molar-refractivity contribution in [1.29, 1.82) is 0 Å². The number of nitrogens with one attached hydrogen (secondary N) is 1. The van der Waals surface area contributed by atoms with Gasteiger partial charge in [-0.05, 0) is 57.5 Å². The van der Waals surface area contributed by atoms with Gasteiger partial charge in [-0.1, -0.05) is 6.07 Å². The molecular weight excluding hydrogens is 486 g/mol. The molecule has 0 bridgehead atoms. The minimum Gasteiger partial charge on any atom is -0.326 e. The van der Waals surface area contributed by atoms with Crippen LogP contribution in [0.1, 0.15) is 37.0 Å². The third-order valence-electron chi connectivity index (χ3n) is 7.48. The predicted molar refractivity (Wildman–Crippen MR) is 143 cm³/mol. The third kappa shape index (κ3) is 4.63. The van der Waals surface area contributed by atoms with Gasteiger partial charge in [-0.3, -0.25) is 4.90 Å². The van der Waals surface area contributed by atoms with Crippen LogP contribution in [-0.2, 0) is 13.0 Å². The van der Waals surface area contributed by atoms with Crippen LogP contribution in [-0.4, -0.2) is 67.5 Å². The summed E-state index contributed by atoms with van der Waals surface area (Å²) in [6.45, 7) is 11.2. The van der Waals surface area contributed by atoms with Crippen molar-refractivity contribution in [3.05, 3.63) is 59.2 Å². The van der Waals surface area contributed by atoms with Crippen molar-refractivity contribution in [1.82, 2.24) is 34.3 Å². The number of rotatable bonds is 6. The van der Waals surface area contributed by atoms with Crippen LogP contribution in [0.25, 0.3) is 22.3 Å². The molecule has 3 aromatic heterocycles. The van der Waals surface area contributed by atoms with Gasteiger partial charge in [-0.25, -0.2) is 28.7 Å². The summed E-state index contributed by atoms with van der Waals surface area (Å²) in [5.74, 6) is 1.12. The molecule has 5 heterocycles.